The lowest BCUT2D eigenvalue weighted by Crippen LogP contribution is -2.11. The number of nitrogens with one attached hydrogen (secondary N) is 1. The Morgan fingerprint density at radius 1 is 1.33 bits per heavy atom. The summed E-state index contributed by atoms with van der Waals surface area (Å²) in [6.07, 6.45) is 4.31. The quantitative estimate of drug-likeness (QED) is 0.797. The molecule has 0 saturated heterocycles. The van der Waals surface area contributed by atoms with Crippen molar-refractivity contribution >= 4 is 5.69 Å². The minimum atomic E-state index is -0.631. The average Bonchev–Trinajstić information content (AvgIpc) is 2.81. The standard InChI is InChI=1S/C11H12N2O2/c14-10(11-2-1-7-15-11)8-13-9-3-5-12-6-4-9/h1-7,10,14H,8H2,(H,12,13). The van der Waals surface area contributed by atoms with E-state index in [0.29, 0.717) is 12.3 Å². The van der Waals surface area contributed by atoms with E-state index in [0.717, 1.165) is 5.69 Å². The molecule has 0 radical (unpaired) electrons. The van der Waals surface area contributed by atoms with Crippen LogP contribution >= 0.6 is 0 Å². The molecular formula is C11H12N2O2. The third kappa shape index (κ3) is 2.57. The largest absolute Gasteiger partial charge is 0.467 e. The van der Waals surface area contributed by atoms with Gasteiger partial charge >= 0.3 is 0 Å². The van der Waals surface area contributed by atoms with Crippen LogP contribution in [0.5, 0.6) is 0 Å². The molecule has 0 saturated carbocycles. The number of nitrogens with zero attached hydrogens (tertiary/aromatic N) is 1. The zero-order valence-corrected chi connectivity index (χ0v) is 8.13. The van der Waals surface area contributed by atoms with Gasteiger partial charge in [-0.1, -0.05) is 0 Å². The molecule has 4 nitrogen and oxygen atoms in total. The van der Waals surface area contributed by atoms with E-state index < -0.39 is 6.10 Å². The Kier molecular flexibility index (Phi) is 2.99. The lowest BCUT2D eigenvalue weighted by molar-refractivity contribution is 0.162. The average molecular weight is 204 g/mol. The maximum atomic E-state index is 9.70. The zero-order chi connectivity index (χ0) is 10.5. The van der Waals surface area contributed by atoms with Crippen molar-refractivity contribution in [3.63, 3.8) is 0 Å². The lowest BCUT2D eigenvalue weighted by atomic mass is 10.2. The number of aliphatic hydroxyl groups excluding tert-OH is 1. The Labute approximate surface area is 87.6 Å². The Balaban J connectivity index is 1.89. The summed E-state index contributed by atoms with van der Waals surface area (Å²) in [5, 5.41) is 12.8. The number of aromatic nitrogens is 1. The molecule has 0 spiro atoms. The van der Waals surface area contributed by atoms with E-state index in [-0.39, 0.29) is 0 Å². The molecule has 4 heteroatoms. The molecule has 15 heavy (non-hydrogen) atoms. The molecule has 0 aliphatic carbocycles. The van der Waals surface area contributed by atoms with Gasteiger partial charge in [-0.15, -0.1) is 0 Å². The van der Waals surface area contributed by atoms with E-state index in [1.165, 1.54) is 0 Å². The van der Waals surface area contributed by atoms with Gasteiger partial charge in [0, 0.05) is 24.6 Å². The summed E-state index contributed by atoms with van der Waals surface area (Å²) in [4.78, 5) is 3.90. The van der Waals surface area contributed by atoms with Crippen LogP contribution in [0, 0.1) is 0 Å². The fraction of sp³-hybridized carbons (Fsp3) is 0.182. The Morgan fingerprint density at radius 2 is 2.13 bits per heavy atom. The summed E-state index contributed by atoms with van der Waals surface area (Å²) in [6, 6.07) is 7.19. The number of pyridine rings is 1. The first-order valence-electron chi connectivity index (χ1n) is 4.71. The highest BCUT2D eigenvalue weighted by molar-refractivity contribution is 5.40. The third-order valence-corrected chi connectivity index (χ3v) is 2.05. The molecule has 2 N–H and O–H groups in total. The smallest absolute Gasteiger partial charge is 0.134 e. The third-order valence-electron chi connectivity index (χ3n) is 2.05. The van der Waals surface area contributed by atoms with Gasteiger partial charge in [0.1, 0.15) is 11.9 Å². The minimum absolute atomic E-state index is 0.414. The minimum Gasteiger partial charge on any atom is -0.467 e. The van der Waals surface area contributed by atoms with Gasteiger partial charge in [-0.2, -0.15) is 0 Å². The second-order valence-electron chi connectivity index (χ2n) is 3.15. The number of rotatable bonds is 4. The monoisotopic (exact) mass is 204 g/mol. The molecule has 0 aromatic carbocycles. The first-order chi connectivity index (χ1) is 7.36. The summed E-state index contributed by atoms with van der Waals surface area (Å²) >= 11 is 0. The molecule has 1 atom stereocenters. The van der Waals surface area contributed by atoms with Crippen molar-refractivity contribution < 1.29 is 9.52 Å². The second kappa shape index (κ2) is 4.61. The van der Waals surface area contributed by atoms with Gasteiger partial charge in [0.05, 0.1) is 6.26 Å². The van der Waals surface area contributed by atoms with E-state index in [1.54, 1.807) is 30.8 Å². The first kappa shape index (κ1) is 9.73. The van der Waals surface area contributed by atoms with Crippen LogP contribution < -0.4 is 5.32 Å². The number of hydrogen-bond acceptors (Lipinski definition) is 4. The van der Waals surface area contributed by atoms with E-state index in [1.807, 2.05) is 12.1 Å². The molecular weight excluding hydrogens is 192 g/mol. The summed E-state index contributed by atoms with van der Waals surface area (Å²) in [7, 11) is 0. The summed E-state index contributed by atoms with van der Waals surface area (Å²) in [6.45, 7) is 0.414. The second-order valence-corrected chi connectivity index (χ2v) is 3.15. The SMILES string of the molecule is OC(CNc1ccncc1)c1ccco1. The highest BCUT2D eigenvalue weighted by Crippen LogP contribution is 2.14. The van der Waals surface area contributed by atoms with Crippen LogP contribution in [0.1, 0.15) is 11.9 Å². The maximum absolute atomic E-state index is 9.70. The van der Waals surface area contributed by atoms with Crippen LogP contribution in [0.3, 0.4) is 0 Å². The highest BCUT2D eigenvalue weighted by atomic mass is 16.4. The molecule has 0 amide bonds. The number of hydrogen-bond donors (Lipinski definition) is 2. The van der Waals surface area contributed by atoms with Crippen LogP contribution in [-0.4, -0.2) is 16.6 Å². The number of aliphatic hydroxyl groups is 1. The van der Waals surface area contributed by atoms with Gasteiger partial charge in [0.15, 0.2) is 0 Å². The van der Waals surface area contributed by atoms with Gasteiger partial charge in [-0.3, -0.25) is 4.98 Å². The lowest BCUT2D eigenvalue weighted by Gasteiger charge is -2.09. The maximum Gasteiger partial charge on any atom is 0.134 e. The first-order valence-corrected chi connectivity index (χ1v) is 4.71. The number of anilines is 1. The molecule has 0 fully saturated rings. The summed E-state index contributed by atoms with van der Waals surface area (Å²) < 4.78 is 5.08. The molecule has 2 heterocycles. The molecule has 78 valence electrons. The molecule has 0 aliphatic rings. The van der Waals surface area contributed by atoms with Gasteiger partial charge in [0.2, 0.25) is 0 Å². The molecule has 0 bridgehead atoms. The Bertz CT molecular complexity index is 386. The van der Waals surface area contributed by atoms with Crippen LogP contribution in [0.2, 0.25) is 0 Å². The highest BCUT2D eigenvalue weighted by Gasteiger charge is 2.09. The molecule has 1 unspecified atom stereocenters. The number of furan rings is 1. The fourth-order valence-electron chi connectivity index (χ4n) is 1.27. The summed E-state index contributed by atoms with van der Waals surface area (Å²) in [5.74, 6) is 0.566. The molecule has 2 aromatic rings. The van der Waals surface area contributed by atoms with Gasteiger partial charge in [0.25, 0.3) is 0 Å². The topological polar surface area (TPSA) is 58.3 Å². The van der Waals surface area contributed by atoms with Gasteiger partial charge < -0.3 is 14.8 Å². The van der Waals surface area contributed by atoms with E-state index in [4.69, 9.17) is 4.42 Å². The van der Waals surface area contributed by atoms with Gasteiger partial charge in [-0.05, 0) is 24.3 Å². The van der Waals surface area contributed by atoms with Crippen LogP contribution in [0.15, 0.2) is 47.3 Å². The fourth-order valence-corrected chi connectivity index (χ4v) is 1.27. The van der Waals surface area contributed by atoms with Crippen molar-refractivity contribution in [2.24, 2.45) is 0 Å². The van der Waals surface area contributed by atoms with Crippen molar-refractivity contribution in [3.05, 3.63) is 48.7 Å². The molecule has 2 aromatic heterocycles. The summed E-state index contributed by atoms with van der Waals surface area (Å²) in [5.41, 5.74) is 0.926. The van der Waals surface area contributed by atoms with Gasteiger partial charge in [-0.25, -0.2) is 0 Å². The van der Waals surface area contributed by atoms with Crippen molar-refractivity contribution in [3.8, 4) is 0 Å². The molecule has 0 aliphatic heterocycles. The van der Waals surface area contributed by atoms with Crippen molar-refractivity contribution in [1.29, 1.82) is 0 Å². The van der Waals surface area contributed by atoms with Crippen LogP contribution in [-0.2, 0) is 0 Å². The van der Waals surface area contributed by atoms with Crippen molar-refractivity contribution in [1.82, 2.24) is 4.98 Å². The van der Waals surface area contributed by atoms with Crippen LogP contribution in [0.4, 0.5) is 5.69 Å². The predicted octanol–water partition coefficient (Wildman–Crippen LogP) is 1.82. The predicted molar refractivity (Wildman–Crippen MR) is 56.4 cm³/mol. The Hall–Kier alpha value is -1.81. The zero-order valence-electron chi connectivity index (χ0n) is 8.13. The van der Waals surface area contributed by atoms with Crippen molar-refractivity contribution in [2.75, 3.05) is 11.9 Å². The van der Waals surface area contributed by atoms with Crippen LogP contribution in [0.25, 0.3) is 0 Å². The normalized spacial score (nSPS) is 12.3. The van der Waals surface area contributed by atoms with E-state index in [9.17, 15) is 5.11 Å². The molecule has 2 rings (SSSR count). The Morgan fingerprint density at radius 3 is 2.80 bits per heavy atom. The van der Waals surface area contributed by atoms with E-state index in [2.05, 4.69) is 10.3 Å². The van der Waals surface area contributed by atoms with E-state index >= 15 is 0 Å². The van der Waals surface area contributed by atoms with Crippen molar-refractivity contribution in [2.45, 2.75) is 6.10 Å².